The number of carbonyl (C=O) groups is 2. The molecule has 1 fully saturated rings. The largest absolute Gasteiger partial charge is 0.356 e. The quantitative estimate of drug-likeness (QED) is 0.652. The van der Waals surface area contributed by atoms with E-state index < -0.39 is 0 Å². The van der Waals surface area contributed by atoms with Crippen LogP contribution in [0.25, 0.3) is 0 Å². The molecule has 1 aliphatic rings. The third-order valence-corrected chi connectivity index (χ3v) is 2.90. The summed E-state index contributed by atoms with van der Waals surface area (Å²) in [5, 5.41) is 8.39. The van der Waals surface area contributed by atoms with Crippen LogP contribution in [0.3, 0.4) is 0 Å². The number of urea groups is 1. The van der Waals surface area contributed by atoms with Crippen LogP contribution in [0.4, 0.5) is 4.79 Å². The second kappa shape index (κ2) is 7.92. The van der Waals surface area contributed by atoms with Gasteiger partial charge < -0.3 is 16.0 Å². The molecule has 3 N–H and O–H groups in total. The summed E-state index contributed by atoms with van der Waals surface area (Å²) >= 11 is 0. The summed E-state index contributed by atoms with van der Waals surface area (Å²) < 4.78 is 0. The van der Waals surface area contributed by atoms with Crippen LogP contribution < -0.4 is 16.0 Å². The Morgan fingerprint density at radius 2 is 1.82 bits per heavy atom. The fourth-order valence-corrected chi connectivity index (χ4v) is 1.95. The molecule has 17 heavy (non-hydrogen) atoms. The first-order valence-corrected chi connectivity index (χ1v) is 6.53. The molecular formula is C12H23N3O2. The first-order valence-electron chi connectivity index (χ1n) is 6.53. The van der Waals surface area contributed by atoms with Gasteiger partial charge in [-0.1, -0.05) is 19.8 Å². The Kier molecular flexibility index (Phi) is 6.43. The number of carbonyl (C=O) groups excluding carboxylic acids is 2. The lowest BCUT2D eigenvalue weighted by Gasteiger charge is -2.12. The molecular weight excluding hydrogens is 218 g/mol. The molecule has 1 rings (SSSR count). The lowest BCUT2D eigenvalue weighted by molar-refractivity contribution is -0.120. The SMILES string of the molecule is CCCNC(=O)CCNC(=O)NC1CCCC1. The molecule has 0 spiro atoms. The highest BCUT2D eigenvalue weighted by Crippen LogP contribution is 2.17. The van der Waals surface area contributed by atoms with Crippen molar-refractivity contribution < 1.29 is 9.59 Å². The lowest BCUT2D eigenvalue weighted by atomic mass is 10.2. The highest BCUT2D eigenvalue weighted by atomic mass is 16.2. The second-order valence-electron chi connectivity index (χ2n) is 4.48. The Morgan fingerprint density at radius 1 is 1.12 bits per heavy atom. The number of hydrogen-bond acceptors (Lipinski definition) is 2. The predicted molar refractivity (Wildman–Crippen MR) is 66.7 cm³/mol. The van der Waals surface area contributed by atoms with Crippen molar-refractivity contribution in [3.63, 3.8) is 0 Å². The molecule has 0 aromatic carbocycles. The van der Waals surface area contributed by atoms with Crippen molar-refractivity contribution in [2.45, 2.75) is 51.5 Å². The molecule has 0 bridgehead atoms. The Morgan fingerprint density at radius 3 is 2.47 bits per heavy atom. The smallest absolute Gasteiger partial charge is 0.315 e. The van der Waals surface area contributed by atoms with Crippen molar-refractivity contribution in [2.75, 3.05) is 13.1 Å². The molecule has 1 aliphatic carbocycles. The highest BCUT2D eigenvalue weighted by Gasteiger charge is 2.16. The normalized spacial score (nSPS) is 15.6. The van der Waals surface area contributed by atoms with Crippen molar-refractivity contribution in [1.82, 2.24) is 16.0 Å². The number of nitrogens with one attached hydrogen (secondary N) is 3. The summed E-state index contributed by atoms with van der Waals surface area (Å²) in [4.78, 5) is 22.7. The van der Waals surface area contributed by atoms with Gasteiger partial charge in [0.2, 0.25) is 5.91 Å². The zero-order chi connectivity index (χ0) is 12.5. The summed E-state index contributed by atoms with van der Waals surface area (Å²) in [7, 11) is 0. The standard InChI is InChI=1S/C12H23N3O2/c1-2-8-13-11(16)7-9-14-12(17)15-10-5-3-4-6-10/h10H,2-9H2,1H3,(H,13,16)(H2,14,15,17). The molecule has 0 saturated heterocycles. The van der Waals surface area contributed by atoms with E-state index >= 15 is 0 Å². The van der Waals surface area contributed by atoms with Crippen molar-refractivity contribution in [3.8, 4) is 0 Å². The summed E-state index contributed by atoms with van der Waals surface area (Å²) in [6.45, 7) is 3.11. The number of amides is 3. The molecule has 0 aliphatic heterocycles. The fraction of sp³-hybridized carbons (Fsp3) is 0.833. The highest BCUT2D eigenvalue weighted by molar-refractivity contribution is 5.78. The van der Waals surface area contributed by atoms with Crippen LogP contribution in [-0.4, -0.2) is 31.1 Å². The van der Waals surface area contributed by atoms with E-state index in [0.29, 0.717) is 25.6 Å². The van der Waals surface area contributed by atoms with Crippen LogP contribution >= 0.6 is 0 Å². The maximum absolute atomic E-state index is 11.4. The Hall–Kier alpha value is -1.26. The second-order valence-corrected chi connectivity index (χ2v) is 4.48. The van der Waals surface area contributed by atoms with Crippen LogP contribution in [0.15, 0.2) is 0 Å². The Labute approximate surface area is 103 Å². The van der Waals surface area contributed by atoms with Gasteiger partial charge in [0.15, 0.2) is 0 Å². The van der Waals surface area contributed by atoms with Gasteiger partial charge in [0, 0.05) is 25.6 Å². The van der Waals surface area contributed by atoms with E-state index in [-0.39, 0.29) is 11.9 Å². The average Bonchev–Trinajstić information content (AvgIpc) is 2.79. The molecule has 0 atom stereocenters. The van der Waals surface area contributed by atoms with Crippen LogP contribution in [0.2, 0.25) is 0 Å². The molecule has 1 saturated carbocycles. The molecule has 0 radical (unpaired) electrons. The zero-order valence-electron chi connectivity index (χ0n) is 10.6. The third kappa shape index (κ3) is 6.14. The minimum absolute atomic E-state index is 0.00647. The number of rotatable bonds is 6. The van der Waals surface area contributed by atoms with Crippen LogP contribution in [-0.2, 0) is 4.79 Å². The van der Waals surface area contributed by atoms with E-state index in [4.69, 9.17) is 0 Å². The molecule has 0 aromatic rings. The minimum atomic E-state index is -0.153. The lowest BCUT2D eigenvalue weighted by Crippen LogP contribution is -2.42. The van der Waals surface area contributed by atoms with Gasteiger partial charge >= 0.3 is 6.03 Å². The third-order valence-electron chi connectivity index (χ3n) is 2.90. The van der Waals surface area contributed by atoms with Gasteiger partial charge in [0.05, 0.1) is 0 Å². The van der Waals surface area contributed by atoms with Gasteiger partial charge in [-0.2, -0.15) is 0 Å². The van der Waals surface area contributed by atoms with Gasteiger partial charge in [-0.3, -0.25) is 4.79 Å². The first-order chi connectivity index (χ1) is 8.22. The number of hydrogen-bond donors (Lipinski definition) is 3. The van der Waals surface area contributed by atoms with Crippen LogP contribution in [0.5, 0.6) is 0 Å². The van der Waals surface area contributed by atoms with E-state index in [1.807, 2.05) is 6.92 Å². The average molecular weight is 241 g/mol. The van der Waals surface area contributed by atoms with Gasteiger partial charge in [-0.25, -0.2) is 4.79 Å². The maximum Gasteiger partial charge on any atom is 0.315 e. The fourth-order valence-electron chi connectivity index (χ4n) is 1.95. The molecule has 0 unspecified atom stereocenters. The molecule has 3 amide bonds. The van der Waals surface area contributed by atoms with Crippen molar-refractivity contribution in [1.29, 1.82) is 0 Å². The van der Waals surface area contributed by atoms with E-state index in [1.54, 1.807) is 0 Å². The minimum Gasteiger partial charge on any atom is -0.356 e. The van der Waals surface area contributed by atoms with E-state index in [2.05, 4.69) is 16.0 Å². The Balaban J connectivity index is 2.01. The maximum atomic E-state index is 11.4. The van der Waals surface area contributed by atoms with E-state index in [0.717, 1.165) is 19.3 Å². The van der Waals surface area contributed by atoms with Crippen LogP contribution in [0.1, 0.15) is 45.4 Å². The predicted octanol–water partition coefficient (Wildman–Crippen LogP) is 1.14. The monoisotopic (exact) mass is 241 g/mol. The summed E-state index contributed by atoms with van der Waals surface area (Å²) in [5.74, 6) is -0.00647. The summed E-state index contributed by atoms with van der Waals surface area (Å²) in [5.41, 5.74) is 0. The van der Waals surface area contributed by atoms with Crippen molar-refractivity contribution in [2.24, 2.45) is 0 Å². The topological polar surface area (TPSA) is 70.2 Å². The van der Waals surface area contributed by atoms with Gasteiger partial charge in [0.25, 0.3) is 0 Å². The molecule has 0 heterocycles. The van der Waals surface area contributed by atoms with E-state index in [9.17, 15) is 9.59 Å². The molecule has 5 heteroatoms. The van der Waals surface area contributed by atoms with Gasteiger partial charge in [-0.05, 0) is 19.3 Å². The first kappa shape index (κ1) is 13.8. The molecule has 5 nitrogen and oxygen atoms in total. The zero-order valence-corrected chi connectivity index (χ0v) is 10.6. The van der Waals surface area contributed by atoms with Crippen molar-refractivity contribution in [3.05, 3.63) is 0 Å². The van der Waals surface area contributed by atoms with E-state index in [1.165, 1.54) is 12.8 Å². The molecule has 98 valence electrons. The van der Waals surface area contributed by atoms with Crippen molar-refractivity contribution >= 4 is 11.9 Å². The van der Waals surface area contributed by atoms with Gasteiger partial charge in [-0.15, -0.1) is 0 Å². The molecule has 0 aromatic heterocycles. The summed E-state index contributed by atoms with van der Waals surface area (Å²) in [6, 6.07) is 0.170. The van der Waals surface area contributed by atoms with Crippen LogP contribution in [0, 0.1) is 0 Å². The Bertz CT molecular complexity index is 250. The summed E-state index contributed by atoms with van der Waals surface area (Å²) in [6.07, 6.45) is 5.82. The van der Waals surface area contributed by atoms with Gasteiger partial charge in [0.1, 0.15) is 0 Å².